The number of hydrogen-bond acceptors (Lipinski definition) is 5. The first-order chi connectivity index (χ1) is 18.1. The summed E-state index contributed by atoms with van der Waals surface area (Å²) in [5.74, 6) is -0.381. The summed E-state index contributed by atoms with van der Waals surface area (Å²) in [6, 6.07) is 18.5. The van der Waals surface area contributed by atoms with E-state index >= 15 is 0 Å². The number of methoxy groups -OCH3 is 2. The van der Waals surface area contributed by atoms with Crippen LogP contribution in [0.25, 0.3) is 10.9 Å². The maximum atomic E-state index is 13.0. The van der Waals surface area contributed by atoms with E-state index < -0.39 is 25.2 Å². The van der Waals surface area contributed by atoms with Crippen molar-refractivity contribution in [3.63, 3.8) is 0 Å². The number of carboxylic acids is 1. The Morgan fingerprint density at radius 3 is 2.32 bits per heavy atom. The zero-order valence-corrected chi connectivity index (χ0v) is 20.9. The predicted octanol–water partition coefficient (Wildman–Crippen LogP) is 6.10. The van der Waals surface area contributed by atoms with Gasteiger partial charge in [-0.15, -0.1) is 13.2 Å². The maximum Gasteiger partial charge on any atom is 0.573 e. The van der Waals surface area contributed by atoms with Gasteiger partial charge in [-0.1, -0.05) is 24.3 Å². The smallest absolute Gasteiger partial charge is 0.497 e. The van der Waals surface area contributed by atoms with Crippen molar-refractivity contribution in [1.82, 2.24) is 4.57 Å². The number of rotatable bonds is 10. The lowest BCUT2D eigenvalue weighted by atomic mass is 10.0. The molecule has 0 saturated carbocycles. The number of benzene rings is 3. The zero-order valence-electron chi connectivity index (χ0n) is 20.9. The molecule has 4 aromatic rings. The largest absolute Gasteiger partial charge is 0.573 e. The normalized spacial score (nSPS) is 12.4. The summed E-state index contributed by atoms with van der Waals surface area (Å²) in [5.41, 5.74) is 3.81. The van der Waals surface area contributed by atoms with Crippen molar-refractivity contribution in [1.29, 1.82) is 0 Å². The number of aromatic nitrogens is 1. The van der Waals surface area contributed by atoms with E-state index in [-0.39, 0.29) is 5.75 Å². The third kappa shape index (κ3) is 6.03. The van der Waals surface area contributed by atoms with E-state index in [9.17, 15) is 18.0 Å². The molecule has 0 amide bonds. The minimum Gasteiger partial charge on any atom is -0.497 e. The summed E-state index contributed by atoms with van der Waals surface area (Å²) < 4.78 is 61.5. The number of carboxylic acid groups (broad SMARTS) is 1. The van der Waals surface area contributed by atoms with Crippen LogP contribution in [0.4, 0.5) is 13.2 Å². The van der Waals surface area contributed by atoms with Gasteiger partial charge in [0.05, 0.1) is 12.6 Å². The molecular weight excluding hydrogens is 503 g/mol. The highest BCUT2D eigenvalue weighted by molar-refractivity contribution is 5.87. The molecule has 0 aliphatic heterocycles. The standard InChI is InChI=1S/C28H26F3NO6/c1-17-23(14-18-5-4-6-21(13-18)37-16-26(33)34)24-15-22(38-28(29,30)31)11-12-25(24)32(17)27(36-3)19-7-9-20(35-2)10-8-19/h4-13,15,27H,14,16H2,1-3H3,(H,33,34). The number of nitrogens with zero attached hydrogens (tertiary/aromatic N) is 1. The molecule has 1 unspecified atom stereocenters. The molecule has 3 aromatic carbocycles. The average Bonchev–Trinajstić information content (AvgIpc) is 3.13. The Bertz CT molecular complexity index is 1430. The van der Waals surface area contributed by atoms with Crippen molar-refractivity contribution in [3.05, 3.63) is 89.1 Å². The van der Waals surface area contributed by atoms with Gasteiger partial charge in [-0.25, -0.2) is 4.79 Å². The van der Waals surface area contributed by atoms with E-state index in [1.165, 1.54) is 12.1 Å². The molecule has 4 rings (SSSR count). The van der Waals surface area contributed by atoms with Gasteiger partial charge in [-0.3, -0.25) is 0 Å². The fourth-order valence-electron chi connectivity index (χ4n) is 4.46. The van der Waals surface area contributed by atoms with Gasteiger partial charge in [0.2, 0.25) is 0 Å². The van der Waals surface area contributed by atoms with Crippen LogP contribution >= 0.6 is 0 Å². The second-order valence-electron chi connectivity index (χ2n) is 8.53. The van der Waals surface area contributed by atoms with Crippen LogP contribution in [0, 0.1) is 6.92 Å². The highest BCUT2D eigenvalue weighted by atomic mass is 19.4. The fraction of sp³-hybridized carbons (Fsp3) is 0.250. The molecule has 0 spiro atoms. The first-order valence-corrected chi connectivity index (χ1v) is 11.6. The topological polar surface area (TPSA) is 79.2 Å². The van der Waals surface area contributed by atoms with Crippen LogP contribution in [-0.2, 0) is 16.0 Å². The molecule has 0 aliphatic carbocycles. The van der Waals surface area contributed by atoms with Crippen LogP contribution in [-0.4, -0.2) is 42.8 Å². The molecule has 38 heavy (non-hydrogen) atoms. The van der Waals surface area contributed by atoms with Gasteiger partial charge < -0.3 is 28.6 Å². The van der Waals surface area contributed by atoms with Gasteiger partial charge >= 0.3 is 12.3 Å². The lowest BCUT2D eigenvalue weighted by Crippen LogP contribution is -2.17. The number of carbonyl (C=O) groups is 1. The zero-order chi connectivity index (χ0) is 27.4. The highest BCUT2D eigenvalue weighted by Gasteiger charge is 2.32. The third-order valence-electron chi connectivity index (χ3n) is 6.08. The van der Waals surface area contributed by atoms with E-state index in [0.29, 0.717) is 28.8 Å². The Labute approximate surface area is 216 Å². The monoisotopic (exact) mass is 529 g/mol. The quantitative estimate of drug-likeness (QED) is 0.267. The first kappa shape index (κ1) is 26.9. The first-order valence-electron chi connectivity index (χ1n) is 11.6. The molecule has 1 heterocycles. The molecule has 1 atom stereocenters. The van der Waals surface area contributed by atoms with Gasteiger partial charge in [0, 0.05) is 23.8 Å². The molecule has 10 heteroatoms. The van der Waals surface area contributed by atoms with Crippen molar-refractivity contribution < 1.29 is 42.0 Å². The Kier molecular flexibility index (Phi) is 7.82. The van der Waals surface area contributed by atoms with E-state index in [2.05, 4.69) is 4.74 Å². The van der Waals surface area contributed by atoms with Crippen LogP contribution in [0.5, 0.6) is 17.2 Å². The molecule has 0 fully saturated rings. The Hall–Kier alpha value is -4.18. The maximum absolute atomic E-state index is 13.0. The highest BCUT2D eigenvalue weighted by Crippen LogP contribution is 2.37. The summed E-state index contributed by atoms with van der Waals surface area (Å²) >= 11 is 0. The van der Waals surface area contributed by atoms with E-state index in [1.54, 1.807) is 50.6 Å². The molecular formula is C28H26F3NO6. The van der Waals surface area contributed by atoms with Gasteiger partial charge in [-0.05, 0) is 66.9 Å². The Morgan fingerprint density at radius 1 is 0.974 bits per heavy atom. The van der Waals surface area contributed by atoms with Gasteiger partial charge in [0.1, 0.15) is 17.2 Å². The molecule has 7 nitrogen and oxygen atoms in total. The average molecular weight is 530 g/mol. The molecule has 0 saturated heterocycles. The second-order valence-corrected chi connectivity index (χ2v) is 8.53. The van der Waals surface area contributed by atoms with Crippen LogP contribution in [0.3, 0.4) is 0 Å². The van der Waals surface area contributed by atoms with Gasteiger partial charge in [-0.2, -0.15) is 0 Å². The molecule has 1 N–H and O–H groups in total. The van der Waals surface area contributed by atoms with Crippen molar-refractivity contribution in [2.24, 2.45) is 0 Å². The summed E-state index contributed by atoms with van der Waals surface area (Å²) in [6.07, 6.45) is -5.06. The van der Waals surface area contributed by atoms with Crippen molar-refractivity contribution in [3.8, 4) is 17.2 Å². The summed E-state index contributed by atoms with van der Waals surface area (Å²) in [6.45, 7) is 1.39. The van der Waals surface area contributed by atoms with Gasteiger partial charge in [0.15, 0.2) is 12.8 Å². The summed E-state index contributed by atoms with van der Waals surface area (Å²) in [7, 11) is 3.13. The molecule has 1 aromatic heterocycles. The fourth-order valence-corrected chi connectivity index (χ4v) is 4.46. The van der Waals surface area contributed by atoms with Crippen LogP contribution in [0.2, 0.25) is 0 Å². The second kappa shape index (κ2) is 11.1. The van der Waals surface area contributed by atoms with Crippen LogP contribution in [0.1, 0.15) is 28.6 Å². The molecule has 0 radical (unpaired) electrons. The SMILES string of the molecule is COc1ccc(C(OC)n2c(C)c(Cc3cccc(OCC(=O)O)c3)c3cc(OC(F)(F)F)ccc32)cc1. The molecule has 0 bridgehead atoms. The number of ether oxygens (including phenoxy) is 4. The van der Waals surface area contributed by atoms with Crippen molar-refractivity contribution in [2.75, 3.05) is 20.8 Å². The predicted molar refractivity (Wildman–Crippen MR) is 134 cm³/mol. The molecule has 200 valence electrons. The Balaban J connectivity index is 1.83. The van der Waals surface area contributed by atoms with Crippen molar-refractivity contribution in [2.45, 2.75) is 25.9 Å². The summed E-state index contributed by atoms with van der Waals surface area (Å²) in [5, 5.41) is 9.47. The number of hydrogen-bond donors (Lipinski definition) is 1. The minimum atomic E-state index is -4.83. The van der Waals surface area contributed by atoms with Crippen LogP contribution in [0.15, 0.2) is 66.7 Å². The Morgan fingerprint density at radius 2 is 1.68 bits per heavy atom. The lowest BCUT2D eigenvalue weighted by molar-refractivity contribution is -0.274. The van der Waals surface area contributed by atoms with E-state index in [4.69, 9.17) is 19.3 Å². The van der Waals surface area contributed by atoms with Gasteiger partial charge in [0.25, 0.3) is 0 Å². The minimum absolute atomic E-state index is 0.333. The number of halogens is 3. The van der Waals surface area contributed by atoms with E-state index in [0.717, 1.165) is 22.4 Å². The van der Waals surface area contributed by atoms with Crippen molar-refractivity contribution >= 4 is 16.9 Å². The third-order valence-corrected chi connectivity index (χ3v) is 6.08. The number of aliphatic carboxylic acids is 1. The lowest BCUT2D eigenvalue weighted by Gasteiger charge is -2.21. The number of alkyl halides is 3. The number of fused-ring (bicyclic) bond motifs is 1. The van der Waals surface area contributed by atoms with Crippen LogP contribution < -0.4 is 14.2 Å². The van der Waals surface area contributed by atoms with E-state index in [1.807, 2.05) is 29.7 Å². The summed E-state index contributed by atoms with van der Waals surface area (Å²) in [4.78, 5) is 10.9. The molecule has 0 aliphatic rings.